The van der Waals surface area contributed by atoms with Gasteiger partial charge in [0.1, 0.15) is 0 Å². The van der Waals surface area contributed by atoms with Gasteiger partial charge in [-0.2, -0.15) is 0 Å². The summed E-state index contributed by atoms with van der Waals surface area (Å²) in [5, 5.41) is 5.59. The fraction of sp³-hybridized carbons (Fsp3) is 0.0909. The first-order chi connectivity index (χ1) is 14.7. The Morgan fingerprint density at radius 2 is 1.68 bits per heavy atom. The predicted octanol–water partition coefficient (Wildman–Crippen LogP) is 4.36. The molecule has 0 aromatic heterocycles. The Labute approximate surface area is 195 Å². The number of hydrogen-bond donors (Lipinski definition) is 3. The highest BCUT2D eigenvalue weighted by atomic mass is 79.9. The van der Waals surface area contributed by atoms with E-state index >= 15 is 0 Å². The van der Waals surface area contributed by atoms with E-state index in [1.807, 2.05) is 43.3 Å². The molecule has 0 aliphatic heterocycles. The van der Waals surface area contributed by atoms with Crippen LogP contribution in [0.2, 0.25) is 0 Å². The maximum Gasteiger partial charge on any atom is 0.257 e. The predicted molar refractivity (Wildman–Crippen MR) is 129 cm³/mol. The summed E-state index contributed by atoms with van der Waals surface area (Å²) in [6, 6.07) is 20.6. The van der Waals surface area contributed by atoms with Crippen LogP contribution < -0.4 is 15.4 Å². The maximum atomic E-state index is 12.5. The summed E-state index contributed by atoms with van der Waals surface area (Å²) in [7, 11) is -3.65. The van der Waals surface area contributed by atoms with Gasteiger partial charge in [-0.15, -0.1) is 0 Å². The first-order valence-corrected chi connectivity index (χ1v) is 12.0. The maximum absolute atomic E-state index is 12.5. The van der Waals surface area contributed by atoms with E-state index in [4.69, 9.17) is 12.2 Å². The molecule has 3 rings (SSSR count). The monoisotopic (exact) mass is 517 g/mol. The van der Waals surface area contributed by atoms with E-state index in [1.54, 1.807) is 24.3 Å². The lowest BCUT2D eigenvalue weighted by atomic mass is 10.1. The molecule has 0 unspecified atom stereocenters. The van der Waals surface area contributed by atoms with Crippen molar-refractivity contribution in [3.8, 4) is 0 Å². The fourth-order valence-electron chi connectivity index (χ4n) is 2.65. The van der Waals surface area contributed by atoms with Crippen LogP contribution in [0.3, 0.4) is 0 Å². The number of anilines is 1. The smallest absolute Gasteiger partial charge is 0.257 e. The zero-order chi connectivity index (χ0) is 22.4. The molecule has 0 aliphatic rings. The Hall–Kier alpha value is -2.59. The minimum atomic E-state index is -3.65. The molecule has 6 nitrogen and oxygen atoms in total. The molecule has 3 aromatic carbocycles. The summed E-state index contributed by atoms with van der Waals surface area (Å²) in [4.78, 5) is 12.5. The topological polar surface area (TPSA) is 87.3 Å². The molecule has 3 N–H and O–H groups in total. The van der Waals surface area contributed by atoms with Crippen LogP contribution >= 0.6 is 28.1 Å². The second kappa shape index (κ2) is 10.1. The van der Waals surface area contributed by atoms with Crippen molar-refractivity contribution in [1.82, 2.24) is 10.0 Å². The highest BCUT2D eigenvalue weighted by Crippen LogP contribution is 2.18. The lowest BCUT2D eigenvalue weighted by Gasteiger charge is -2.11. The third-order valence-electron chi connectivity index (χ3n) is 4.39. The van der Waals surface area contributed by atoms with Gasteiger partial charge in [0.05, 0.1) is 4.90 Å². The van der Waals surface area contributed by atoms with Gasteiger partial charge in [0.2, 0.25) is 10.0 Å². The van der Waals surface area contributed by atoms with Gasteiger partial charge in [-0.3, -0.25) is 10.1 Å². The number of carbonyl (C=O) groups is 1. The largest absolute Gasteiger partial charge is 0.332 e. The van der Waals surface area contributed by atoms with Crippen LogP contribution in [0, 0.1) is 6.92 Å². The van der Waals surface area contributed by atoms with Crippen LogP contribution in [0.1, 0.15) is 21.5 Å². The summed E-state index contributed by atoms with van der Waals surface area (Å²) in [5.41, 5.74) is 2.90. The van der Waals surface area contributed by atoms with E-state index < -0.39 is 10.0 Å². The van der Waals surface area contributed by atoms with Crippen molar-refractivity contribution >= 4 is 54.9 Å². The summed E-state index contributed by atoms with van der Waals surface area (Å²) in [5.74, 6) is -0.345. The van der Waals surface area contributed by atoms with Crippen LogP contribution in [-0.2, 0) is 16.6 Å². The first kappa shape index (κ1) is 23.1. The van der Waals surface area contributed by atoms with E-state index in [0.29, 0.717) is 11.3 Å². The number of benzene rings is 3. The van der Waals surface area contributed by atoms with Gasteiger partial charge < -0.3 is 5.32 Å². The Kier molecular flexibility index (Phi) is 7.55. The van der Waals surface area contributed by atoms with Crippen molar-refractivity contribution in [2.45, 2.75) is 18.4 Å². The number of rotatable bonds is 6. The number of amides is 1. The zero-order valence-corrected chi connectivity index (χ0v) is 19.8. The van der Waals surface area contributed by atoms with E-state index in [9.17, 15) is 13.2 Å². The van der Waals surface area contributed by atoms with Gasteiger partial charge in [-0.1, -0.05) is 52.3 Å². The molecule has 0 heterocycles. The minimum Gasteiger partial charge on any atom is -0.332 e. The van der Waals surface area contributed by atoms with Crippen LogP contribution in [0.4, 0.5) is 5.69 Å². The minimum absolute atomic E-state index is 0.111. The first-order valence-electron chi connectivity index (χ1n) is 9.27. The number of thiocarbonyl (C=S) groups is 1. The van der Waals surface area contributed by atoms with Gasteiger partial charge in [0, 0.05) is 22.3 Å². The SMILES string of the molecule is Cc1ccc(C(=O)NC(=S)Nc2ccc(S(=O)(=O)NCc3ccccc3)cc2)cc1Br. The molecule has 0 atom stereocenters. The molecule has 0 spiro atoms. The van der Waals surface area contributed by atoms with Gasteiger partial charge in [0.25, 0.3) is 5.91 Å². The van der Waals surface area contributed by atoms with Crippen LogP contribution in [0.25, 0.3) is 0 Å². The molecule has 0 saturated carbocycles. The second-order valence-electron chi connectivity index (χ2n) is 6.71. The molecule has 0 saturated heterocycles. The number of aryl methyl sites for hydroxylation is 1. The van der Waals surface area contributed by atoms with Crippen molar-refractivity contribution in [1.29, 1.82) is 0 Å². The molecular weight excluding hydrogens is 498 g/mol. The molecule has 0 aliphatic carbocycles. The summed E-state index contributed by atoms with van der Waals surface area (Å²) < 4.78 is 28.3. The average molecular weight is 518 g/mol. The number of carbonyl (C=O) groups excluding carboxylic acids is 1. The van der Waals surface area contributed by atoms with Crippen LogP contribution in [-0.4, -0.2) is 19.4 Å². The van der Waals surface area contributed by atoms with Gasteiger partial charge in [-0.25, -0.2) is 13.1 Å². The highest BCUT2D eigenvalue weighted by molar-refractivity contribution is 9.10. The molecule has 1 amide bonds. The van der Waals surface area contributed by atoms with Crippen molar-refractivity contribution in [3.05, 3.63) is 94.0 Å². The number of sulfonamides is 1. The van der Waals surface area contributed by atoms with Crippen LogP contribution in [0.15, 0.2) is 82.2 Å². The van der Waals surface area contributed by atoms with E-state index in [2.05, 4.69) is 31.3 Å². The molecule has 0 fully saturated rings. The normalized spacial score (nSPS) is 11.0. The summed E-state index contributed by atoms with van der Waals surface area (Å²) in [6.45, 7) is 2.13. The number of hydrogen-bond acceptors (Lipinski definition) is 4. The Morgan fingerprint density at radius 3 is 2.32 bits per heavy atom. The average Bonchev–Trinajstić information content (AvgIpc) is 2.75. The third-order valence-corrected chi connectivity index (χ3v) is 6.87. The third kappa shape index (κ3) is 6.44. The quantitative estimate of drug-likeness (QED) is 0.422. The van der Waals surface area contributed by atoms with Crippen molar-refractivity contribution in [2.75, 3.05) is 5.32 Å². The van der Waals surface area contributed by atoms with Gasteiger partial charge in [-0.05, 0) is 66.7 Å². The van der Waals surface area contributed by atoms with Gasteiger partial charge >= 0.3 is 0 Å². The summed E-state index contributed by atoms with van der Waals surface area (Å²) in [6.07, 6.45) is 0. The molecule has 31 heavy (non-hydrogen) atoms. The van der Waals surface area contributed by atoms with Crippen molar-refractivity contribution in [3.63, 3.8) is 0 Å². The lowest BCUT2D eigenvalue weighted by Crippen LogP contribution is -2.34. The van der Waals surface area contributed by atoms with Crippen molar-refractivity contribution in [2.24, 2.45) is 0 Å². The van der Waals surface area contributed by atoms with Gasteiger partial charge in [0.15, 0.2) is 5.11 Å². The van der Waals surface area contributed by atoms with E-state index in [1.165, 1.54) is 12.1 Å². The van der Waals surface area contributed by atoms with E-state index in [0.717, 1.165) is 15.6 Å². The fourth-order valence-corrected chi connectivity index (χ4v) is 4.25. The molecule has 3 aromatic rings. The highest BCUT2D eigenvalue weighted by Gasteiger charge is 2.14. The number of nitrogens with one attached hydrogen (secondary N) is 3. The Balaban J connectivity index is 1.58. The molecule has 9 heteroatoms. The molecule has 0 bridgehead atoms. The lowest BCUT2D eigenvalue weighted by molar-refractivity contribution is 0.0977. The molecule has 0 radical (unpaired) electrons. The molecule has 160 valence electrons. The second-order valence-corrected chi connectivity index (χ2v) is 9.74. The standard InChI is InChI=1S/C22H20BrN3O3S2/c1-15-7-8-17(13-20(15)23)21(27)26-22(30)25-18-9-11-19(12-10-18)31(28,29)24-14-16-5-3-2-4-6-16/h2-13,24H,14H2,1H3,(H2,25,26,27,30). The number of halogens is 1. The van der Waals surface area contributed by atoms with E-state index in [-0.39, 0.29) is 22.5 Å². The molecular formula is C22H20BrN3O3S2. The Morgan fingerprint density at radius 1 is 1.00 bits per heavy atom. The summed E-state index contributed by atoms with van der Waals surface area (Å²) >= 11 is 8.59. The van der Waals surface area contributed by atoms with Crippen molar-refractivity contribution < 1.29 is 13.2 Å². The van der Waals surface area contributed by atoms with Crippen LogP contribution in [0.5, 0.6) is 0 Å². The zero-order valence-electron chi connectivity index (χ0n) is 16.6. The Bertz CT molecular complexity index is 1200.